The predicted molar refractivity (Wildman–Crippen MR) is 63.8 cm³/mol. The summed E-state index contributed by atoms with van der Waals surface area (Å²) < 4.78 is 0. The molecule has 0 saturated carbocycles. The van der Waals surface area contributed by atoms with Gasteiger partial charge in [0.25, 0.3) is 0 Å². The van der Waals surface area contributed by atoms with Crippen molar-refractivity contribution < 1.29 is 19.8 Å². The van der Waals surface area contributed by atoms with Crippen molar-refractivity contribution in [3.8, 4) is 0 Å². The molecule has 0 saturated heterocycles. The number of aliphatic hydroxyl groups is 1. The molecule has 0 aromatic rings. The molecule has 0 rings (SSSR count). The molecule has 0 spiro atoms. The Morgan fingerprint density at radius 2 is 2.00 bits per heavy atom. The monoisotopic (exact) mass is 246 g/mol. The minimum absolute atomic E-state index is 0.0177. The smallest absolute Gasteiger partial charge is 0.332 e. The molecular weight excluding hydrogens is 224 g/mol. The lowest BCUT2D eigenvalue weighted by molar-refractivity contribution is -0.146. The van der Waals surface area contributed by atoms with E-state index in [0.29, 0.717) is 6.54 Å². The van der Waals surface area contributed by atoms with Crippen molar-refractivity contribution in [1.82, 2.24) is 10.2 Å². The summed E-state index contributed by atoms with van der Waals surface area (Å²) in [7, 11) is 1.69. The van der Waals surface area contributed by atoms with Crippen LogP contribution in [0.1, 0.15) is 32.6 Å². The first-order valence-electron chi connectivity index (χ1n) is 5.88. The Bertz CT molecular complexity index is 246. The van der Waals surface area contributed by atoms with Crippen LogP contribution in [-0.2, 0) is 4.79 Å². The fourth-order valence-electron chi connectivity index (χ4n) is 1.27. The number of hydrogen-bond donors (Lipinski definition) is 3. The van der Waals surface area contributed by atoms with Gasteiger partial charge in [-0.25, -0.2) is 9.59 Å². The number of rotatable bonds is 8. The van der Waals surface area contributed by atoms with E-state index in [1.807, 2.05) is 0 Å². The quantitative estimate of drug-likeness (QED) is 0.549. The molecule has 100 valence electrons. The largest absolute Gasteiger partial charge is 0.479 e. The number of urea groups is 1. The van der Waals surface area contributed by atoms with E-state index in [-0.39, 0.29) is 19.0 Å². The first-order valence-corrected chi connectivity index (χ1v) is 5.88. The van der Waals surface area contributed by atoms with Crippen molar-refractivity contribution in [2.75, 3.05) is 20.1 Å². The third-order valence-corrected chi connectivity index (χ3v) is 2.42. The lowest BCUT2D eigenvalue weighted by Gasteiger charge is -2.18. The molecule has 1 atom stereocenters. The first-order chi connectivity index (χ1) is 7.99. The zero-order valence-electron chi connectivity index (χ0n) is 10.5. The van der Waals surface area contributed by atoms with Crippen LogP contribution in [0.15, 0.2) is 0 Å². The second kappa shape index (κ2) is 8.81. The fraction of sp³-hybridized carbons (Fsp3) is 0.818. The van der Waals surface area contributed by atoms with Crippen molar-refractivity contribution in [1.29, 1.82) is 0 Å². The minimum atomic E-state index is -1.42. The third kappa shape index (κ3) is 7.57. The van der Waals surface area contributed by atoms with Gasteiger partial charge in [-0.2, -0.15) is 0 Å². The number of carboxylic acids is 1. The topological polar surface area (TPSA) is 89.9 Å². The number of unbranched alkanes of at least 4 members (excludes halogenated alkanes) is 2. The number of amides is 2. The van der Waals surface area contributed by atoms with Gasteiger partial charge in [0.05, 0.1) is 0 Å². The molecule has 0 radical (unpaired) electrons. The standard InChI is InChI=1S/C11H22N2O4/c1-3-4-5-8-13(2)11(17)12-7-6-9(14)10(15)16/h9,14H,3-8H2,1-2H3,(H,12,17)(H,15,16)/t9-/m0/s1. The maximum Gasteiger partial charge on any atom is 0.332 e. The van der Waals surface area contributed by atoms with Gasteiger partial charge in [-0.05, 0) is 6.42 Å². The van der Waals surface area contributed by atoms with Gasteiger partial charge in [-0.15, -0.1) is 0 Å². The summed E-state index contributed by atoms with van der Waals surface area (Å²) in [6, 6.07) is -0.237. The van der Waals surface area contributed by atoms with E-state index in [1.54, 1.807) is 11.9 Å². The Kier molecular flexibility index (Phi) is 8.13. The summed E-state index contributed by atoms with van der Waals surface area (Å²) in [5.74, 6) is -1.27. The Morgan fingerprint density at radius 1 is 1.35 bits per heavy atom. The molecule has 6 heteroatoms. The molecule has 0 fully saturated rings. The lowest BCUT2D eigenvalue weighted by Crippen LogP contribution is -2.39. The van der Waals surface area contributed by atoms with Gasteiger partial charge in [0.15, 0.2) is 6.10 Å². The number of carbonyl (C=O) groups is 2. The van der Waals surface area contributed by atoms with E-state index in [4.69, 9.17) is 10.2 Å². The molecular formula is C11H22N2O4. The summed E-state index contributed by atoms with van der Waals surface area (Å²) >= 11 is 0. The lowest BCUT2D eigenvalue weighted by atomic mass is 10.2. The third-order valence-electron chi connectivity index (χ3n) is 2.42. The average Bonchev–Trinajstić information content (AvgIpc) is 2.28. The molecule has 2 amide bonds. The van der Waals surface area contributed by atoms with E-state index in [1.165, 1.54) is 0 Å². The SMILES string of the molecule is CCCCCN(C)C(=O)NCC[C@H](O)C(=O)O. The van der Waals surface area contributed by atoms with Crippen molar-refractivity contribution in [3.05, 3.63) is 0 Å². The molecule has 0 unspecified atom stereocenters. The van der Waals surface area contributed by atoms with Gasteiger partial charge in [0.1, 0.15) is 0 Å². The van der Waals surface area contributed by atoms with Gasteiger partial charge >= 0.3 is 12.0 Å². The number of carboxylic acid groups (broad SMARTS) is 1. The van der Waals surface area contributed by atoms with E-state index in [9.17, 15) is 9.59 Å². The van der Waals surface area contributed by atoms with Gasteiger partial charge in [0.2, 0.25) is 0 Å². The average molecular weight is 246 g/mol. The van der Waals surface area contributed by atoms with Crippen molar-refractivity contribution >= 4 is 12.0 Å². The number of nitrogens with zero attached hydrogens (tertiary/aromatic N) is 1. The molecule has 0 heterocycles. The Hall–Kier alpha value is -1.30. The highest BCUT2D eigenvalue weighted by Gasteiger charge is 2.13. The normalized spacial score (nSPS) is 11.9. The summed E-state index contributed by atoms with van der Waals surface area (Å²) in [6.07, 6.45) is 1.73. The van der Waals surface area contributed by atoms with E-state index < -0.39 is 12.1 Å². The summed E-state index contributed by atoms with van der Waals surface area (Å²) in [6.45, 7) is 2.93. The van der Waals surface area contributed by atoms with E-state index in [2.05, 4.69) is 12.2 Å². The molecule has 0 aromatic carbocycles. The highest BCUT2D eigenvalue weighted by molar-refractivity contribution is 5.74. The van der Waals surface area contributed by atoms with Crippen molar-refractivity contribution in [3.63, 3.8) is 0 Å². The summed E-state index contributed by atoms with van der Waals surface area (Å²) in [5.41, 5.74) is 0. The van der Waals surface area contributed by atoms with Crippen LogP contribution in [0.3, 0.4) is 0 Å². The molecule has 0 aromatic heterocycles. The van der Waals surface area contributed by atoms with Crippen molar-refractivity contribution in [2.45, 2.75) is 38.7 Å². The van der Waals surface area contributed by atoms with E-state index in [0.717, 1.165) is 19.3 Å². The Labute approximate surface area is 102 Å². The second-order valence-electron chi connectivity index (χ2n) is 4.00. The minimum Gasteiger partial charge on any atom is -0.479 e. The van der Waals surface area contributed by atoms with Crippen LogP contribution in [0.2, 0.25) is 0 Å². The zero-order chi connectivity index (χ0) is 13.3. The van der Waals surface area contributed by atoms with Crippen LogP contribution < -0.4 is 5.32 Å². The number of carbonyl (C=O) groups excluding carboxylic acids is 1. The molecule has 0 bridgehead atoms. The van der Waals surface area contributed by atoms with Gasteiger partial charge in [-0.3, -0.25) is 0 Å². The first kappa shape index (κ1) is 15.7. The number of hydrogen-bond acceptors (Lipinski definition) is 3. The van der Waals surface area contributed by atoms with Crippen LogP contribution in [0.25, 0.3) is 0 Å². The van der Waals surface area contributed by atoms with Crippen LogP contribution in [0.5, 0.6) is 0 Å². The van der Waals surface area contributed by atoms with Crippen LogP contribution >= 0.6 is 0 Å². The summed E-state index contributed by atoms with van der Waals surface area (Å²) in [4.78, 5) is 23.3. The molecule has 0 aliphatic heterocycles. The zero-order valence-corrected chi connectivity index (χ0v) is 10.5. The van der Waals surface area contributed by atoms with E-state index >= 15 is 0 Å². The fourth-order valence-corrected chi connectivity index (χ4v) is 1.27. The summed E-state index contributed by atoms with van der Waals surface area (Å²) in [5, 5.41) is 20.0. The molecule has 0 aliphatic rings. The maximum absolute atomic E-state index is 11.5. The van der Waals surface area contributed by atoms with Crippen LogP contribution in [-0.4, -0.2) is 53.4 Å². The number of aliphatic carboxylic acids is 1. The highest BCUT2D eigenvalue weighted by Crippen LogP contribution is 1.97. The predicted octanol–water partition coefficient (Wildman–Crippen LogP) is 0.654. The van der Waals surface area contributed by atoms with Crippen LogP contribution in [0, 0.1) is 0 Å². The second-order valence-corrected chi connectivity index (χ2v) is 4.00. The number of nitrogens with one attached hydrogen (secondary N) is 1. The molecule has 17 heavy (non-hydrogen) atoms. The van der Waals surface area contributed by atoms with Crippen LogP contribution in [0.4, 0.5) is 4.79 Å². The molecule has 0 aliphatic carbocycles. The van der Waals surface area contributed by atoms with Gasteiger partial charge in [-0.1, -0.05) is 19.8 Å². The Balaban J connectivity index is 3.67. The molecule has 3 N–H and O–H groups in total. The van der Waals surface area contributed by atoms with Gasteiger partial charge < -0.3 is 20.4 Å². The maximum atomic E-state index is 11.5. The Morgan fingerprint density at radius 3 is 2.53 bits per heavy atom. The molecule has 6 nitrogen and oxygen atoms in total. The number of aliphatic hydroxyl groups excluding tert-OH is 1. The van der Waals surface area contributed by atoms with Crippen molar-refractivity contribution in [2.24, 2.45) is 0 Å². The van der Waals surface area contributed by atoms with Gasteiger partial charge in [0, 0.05) is 26.6 Å². The highest BCUT2D eigenvalue weighted by atomic mass is 16.4.